The Morgan fingerprint density at radius 1 is 1.44 bits per heavy atom. The largest absolute Gasteiger partial charge is 0.481 e. The molecule has 4 heteroatoms. The van der Waals surface area contributed by atoms with E-state index in [1.54, 1.807) is 13.3 Å². The van der Waals surface area contributed by atoms with Gasteiger partial charge in [-0.1, -0.05) is 6.92 Å². The van der Waals surface area contributed by atoms with Crippen molar-refractivity contribution < 1.29 is 4.74 Å². The topological polar surface area (TPSA) is 37.4 Å². The Hall–Kier alpha value is -1.29. The Balaban J connectivity index is 1.90. The van der Waals surface area contributed by atoms with Crippen LogP contribution >= 0.6 is 0 Å². The first-order chi connectivity index (χ1) is 8.61. The van der Waals surface area contributed by atoms with Crippen molar-refractivity contribution in [3.8, 4) is 5.88 Å². The van der Waals surface area contributed by atoms with Crippen LogP contribution in [0.1, 0.15) is 19.8 Å². The Morgan fingerprint density at radius 3 is 2.83 bits per heavy atom. The maximum absolute atomic E-state index is 5.13. The van der Waals surface area contributed by atoms with Gasteiger partial charge in [0.25, 0.3) is 0 Å². The van der Waals surface area contributed by atoms with Crippen LogP contribution in [-0.4, -0.2) is 43.7 Å². The fourth-order valence-corrected chi connectivity index (χ4v) is 2.28. The summed E-state index contributed by atoms with van der Waals surface area (Å²) in [5.41, 5.74) is 1.48. The molecule has 0 saturated carbocycles. The van der Waals surface area contributed by atoms with E-state index < -0.39 is 0 Å². The third-order valence-corrected chi connectivity index (χ3v) is 3.86. The van der Waals surface area contributed by atoms with Gasteiger partial charge in [0.2, 0.25) is 5.88 Å². The van der Waals surface area contributed by atoms with Crippen molar-refractivity contribution in [2.75, 3.05) is 39.1 Å². The molecule has 1 aliphatic rings. The van der Waals surface area contributed by atoms with E-state index in [0.717, 1.165) is 12.2 Å². The summed E-state index contributed by atoms with van der Waals surface area (Å²) in [5, 5.41) is 3.51. The average Bonchev–Trinajstić information content (AvgIpc) is 2.41. The second kappa shape index (κ2) is 5.57. The molecule has 0 unspecified atom stereocenters. The zero-order chi connectivity index (χ0) is 13.0. The van der Waals surface area contributed by atoms with Crippen molar-refractivity contribution >= 4 is 5.69 Å². The lowest BCUT2D eigenvalue weighted by Gasteiger charge is -2.38. The van der Waals surface area contributed by atoms with E-state index in [9.17, 15) is 0 Å². The van der Waals surface area contributed by atoms with E-state index in [1.165, 1.54) is 25.9 Å². The van der Waals surface area contributed by atoms with Crippen LogP contribution in [0.3, 0.4) is 0 Å². The smallest absolute Gasteiger partial charge is 0.214 e. The minimum Gasteiger partial charge on any atom is -0.481 e. The minimum atomic E-state index is 0.392. The van der Waals surface area contributed by atoms with E-state index in [0.29, 0.717) is 11.3 Å². The number of aromatic nitrogens is 1. The van der Waals surface area contributed by atoms with Gasteiger partial charge in [-0.05, 0) is 44.5 Å². The van der Waals surface area contributed by atoms with Crippen molar-refractivity contribution in [2.24, 2.45) is 5.41 Å². The first-order valence-corrected chi connectivity index (χ1v) is 6.54. The number of likely N-dealkylation sites (tertiary alicyclic amines) is 1. The van der Waals surface area contributed by atoms with Crippen LogP contribution in [0.25, 0.3) is 0 Å². The minimum absolute atomic E-state index is 0.392. The first-order valence-electron chi connectivity index (χ1n) is 6.54. The van der Waals surface area contributed by atoms with Crippen molar-refractivity contribution in [3.63, 3.8) is 0 Å². The van der Waals surface area contributed by atoms with Gasteiger partial charge in [0.05, 0.1) is 7.11 Å². The number of hydrogen-bond acceptors (Lipinski definition) is 4. The van der Waals surface area contributed by atoms with E-state index in [4.69, 9.17) is 4.74 Å². The molecule has 1 N–H and O–H groups in total. The molecule has 0 aromatic carbocycles. The van der Waals surface area contributed by atoms with E-state index in [-0.39, 0.29) is 0 Å². The molecule has 18 heavy (non-hydrogen) atoms. The third kappa shape index (κ3) is 3.35. The molecule has 0 radical (unpaired) electrons. The highest BCUT2D eigenvalue weighted by Crippen LogP contribution is 2.30. The van der Waals surface area contributed by atoms with Crippen LogP contribution < -0.4 is 10.1 Å². The normalized spacial score (nSPS) is 19.5. The predicted octanol–water partition coefficient (Wildman–Crippen LogP) is 2.23. The van der Waals surface area contributed by atoms with Gasteiger partial charge in [-0.3, -0.25) is 0 Å². The fourth-order valence-electron chi connectivity index (χ4n) is 2.28. The quantitative estimate of drug-likeness (QED) is 0.888. The lowest BCUT2D eigenvalue weighted by molar-refractivity contribution is 0.150. The van der Waals surface area contributed by atoms with Gasteiger partial charge in [-0.2, -0.15) is 0 Å². The van der Waals surface area contributed by atoms with Crippen LogP contribution in [0, 0.1) is 5.41 Å². The van der Waals surface area contributed by atoms with Crippen molar-refractivity contribution in [2.45, 2.75) is 19.8 Å². The molecular weight excluding hydrogens is 226 g/mol. The summed E-state index contributed by atoms with van der Waals surface area (Å²) in [6.07, 6.45) is 4.27. The highest BCUT2D eigenvalue weighted by Gasteiger charge is 2.28. The number of nitrogens with one attached hydrogen (secondary N) is 1. The average molecular weight is 249 g/mol. The number of piperidine rings is 1. The molecule has 4 nitrogen and oxygen atoms in total. The summed E-state index contributed by atoms with van der Waals surface area (Å²) in [6, 6.07) is 3.93. The molecule has 2 heterocycles. The Labute approximate surface area is 109 Å². The lowest BCUT2D eigenvalue weighted by Crippen LogP contribution is -2.40. The van der Waals surface area contributed by atoms with E-state index in [1.807, 2.05) is 12.1 Å². The van der Waals surface area contributed by atoms with E-state index in [2.05, 4.69) is 29.2 Å². The number of rotatable bonds is 4. The van der Waals surface area contributed by atoms with Gasteiger partial charge in [-0.15, -0.1) is 0 Å². The maximum atomic E-state index is 5.13. The Kier molecular flexibility index (Phi) is 4.07. The van der Waals surface area contributed by atoms with Gasteiger partial charge in [0.1, 0.15) is 0 Å². The van der Waals surface area contributed by atoms with Crippen molar-refractivity contribution in [1.29, 1.82) is 0 Å². The number of ether oxygens (including phenoxy) is 1. The molecule has 2 rings (SSSR count). The van der Waals surface area contributed by atoms with Crippen LogP contribution in [-0.2, 0) is 0 Å². The predicted molar refractivity (Wildman–Crippen MR) is 74.1 cm³/mol. The van der Waals surface area contributed by atoms with Crippen LogP contribution in [0.2, 0.25) is 0 Å². The monoisotopic (exact) mass is 249 g/mol. The van der Waals surface area contributed by atoms with Crippen LogP contribution in [0.15, 0.2) is 18.3 Å². The van der Waals surface area contributed by atoms with Gasteiger partial charge >= 0.3 is 0 Å². The number of methoxy groups -OCH3 is 1. The van der Waals surface area contributed by atoms with Gasteiger partial charge < -0.3 is 15.0 Å². The second-order valence-corrected chi connectivity index (χ2v) is 5.55. The fraction of sp³-hybridized carbons (Fsp3) is 0.643. The van der Waals surface area contributed by atoms with Gasteiger partial charge in [-0.25, -0.2) is 4.98 Å². The molecule has 1 aliphatic heterocycles. The zero-order valence-electron chi connectivity index (χ0n) is 11.6. The maximum Gasteiger partial charge on any atom is 0.214 e. The molecule has 1 saturated heterocycles. The number of pyridine rings is 1. The summed E-state index contributed by atoms with van der Waals surface area (Å²) < 4.78 is 5.13. The Morgan fingerprint density at radius 2 is 2.17 bits per heavy atom. The molecule has 1 fully saturated rings. The second-order valence-electron chi connectivity index (χ2n) is 5.55. The summed E-state index contributed by atoms with van der Waals surface area (Å²) >= 11 is 0. The highest BCUT2D eigenvalue weighted by atomic mass is 16.5. The number of nitrogens with zero attached hydrogens (tertiary/aromatic N) is 2. The Bertz CT molecular complexity index is 386. The van der Waals surface area contributed by atoms with Crippen molar-refractivity contribution in [3.05, 3.63) is 18.3 Å². The molecule has 100 valence electrons. The first kappa shape index (κ1) is 13.1. The molecule has 1 aromatic rings. The van der Waals surface area contributed by atoms with Crippen LogP contribution in [0.5, 0.6) is 5.88 Å². The summed E-state index contributed by atoms with van der Waals surface area (Å²) in [5.74, 6) is 0.661. The molecule has 0 bridgehead atoms. The SMILES string of the molecule is COc1cc(NCC2(C)CCN(C)CC2)ccn1. The summed E-state index contributed by atoms with van der Waals surface area (Å²) in [4.78, 5) is 6.51. The summed E-state index contributed by atoms with van der Waals surface area (Å²) in [6.45, 7) is 5.76. The zero-order valence-corrected chi connectivity index (χ0v) is 11.6. The van der Waals surface area contributed by atoms with E-state index >= 15 is 0 Å². The number of hydrogen-bond donors (Lipinski definition) is 1. The molecule has 0 atom stereocenters. The number of anilines is 1. The molecule has 1 aromatic heterocycles. The molecule has 0 amide bonds. The molecule has 0 aliphatic carbocycles. The van der Waals surface area contributed by atoms with Gasteiger partial charge in [0, 0.05) is 24.5 Å². The van der Waals surface area contributed by atoms with Crippen LogP contribution in [0.4, 0.5) is 5.69 Å². The molecular formula is C14H23N3O. The standard InChI is InChI=1S/C14H23N3O/c1-14(5-8-17(2)9-6-14)11-16-12-4-7-15-13(10-12)18-3/h4,7,10H,5-6,8-9,11H2,1-3H3,(H,15,16). The molecule has 0 spiro atoms. The summed E-state index contributed by atoms with van der Waals surface area (Å²) in [7, 11) is 3.84. The van der Waals surface area contributed by atoms with Crippen molar-refractivity contribution in [1.82, 2.24) is 9.88 Å². The lowest BCUT2D eigenvalue weighted by atomic mass is 9.80. The van der Waals surface area contributed by atoms with Gasteiger partial charge in [0.15, 0.2) is 0 Å². The third-order valence-electron chi connectivity index (χ3n) is 3.86. The highest BCUT2D eigenvalue weighted by molar-refractivity contribution is 5.45.